The molecule has 1 aliphatic heterocycles. The van der Waals surface area contributed by atoms with Gasteiger partial charge in [-0.2, -0.15) is 0 Å². The Morgan fingerprint density at radius 2 is 1.93 bits per heavy atom. The van der Waals surface area contributed by atoms with Crippen LogP contribution in [0.15, 0.2) is 24.3 Å². The molecule has 0 spiro atoms. The molecule has 1 heterocycles. The smallest absolute Gasteiger partial charge is 0.335 e. The van der Waals surface area contributed by atoms with Gasteiger partial charge in [-0.15, -0.1) is 0 Å². The molecule has 8 nitrogen and oxygen atoms in total. The maximum absolute atomic E-state index is 11.8. The zero-order valence-electron chi connectivity index (χ0n) is 17.0. The first-order chi connectivity index (χ1) is 13.5. The second-order valence-electron chi connectivity index (χ2n) is 8.04. The summed E-state index contributed by atoms with van der Waals surface area (Å²) in [6.07, 6.45) is -2.06. The van der Waals surface area contributed by atoms with Crippen LogP contribution < -0.4 is 4.74 Å². The van der Waals surface area contributed by atoms with Gasteiger partial charge < -0.3 is 29.5 Å². The van der Waals surface area contributed by atoms with E-state index in [9.17, 15) is 19.8 Å². The van der Waals surface area contributed by atoms with E-state index in [0.29, 0.717) is 11.3 Å². The second-order valence-corrected chi connectivity index (χ2v) is 8.04. The van der Waals surface area contributed by atoms with Gasteiger partial charge in [-0.3, -0.25) is 4.79 Å². The number of ether oxygens (including phenoxy) is 3. The van der Waals surface area contributed by atoms with Crippen LogP contribution in [0.1, 0.15) is 38.3 Å². The Balaban J connectivity index is 2.11. The summed E-state index contributed by atoms with van der Waals surface area (Å²) in [7, 11) is 0. The average Bonchev–Trinajstić information content (AvgIpc) is 2.61. The predicted octanol–water partition coefficient (Wildman–Crippen LogP) is 1.90. The molecule has 0 radical (unpaired) electrons. The lowest BCUT2D eigenvalue weighted by molar-refractivity contribution is -0.237. The van der Waals surface area contributed by atoms with Gasteiger partial charge in [0, 0.05) is 12.0 Å². The molecule has 0 aromatic heterocycles. The maximum Gasteiger partial charge on any atom is 0.335 e. The van der Waals surface area contributed by atoms with E-state index in [1.165, 1.54) is 0 Å². The molecule has 1 aromatic rings. The molecule has 3 N–H and O–H groups in total. The van der Waals surface area contributed by atoms with E-state index in [0.717, 1.165) is 5.56 Å². The van der Waals surface area contributed by atoms with Crippen LogP contribution in [-0.4, -0.2) is 58.5 Å². The highest BCUT2D eigenvalue weighted by atomic mass is 16.7. The van der Waals surface area contributed by atoms with E-state index in [2.05, 4.69) is 0 Å². The SMILES string of the molecule is Cc1ccc(/C=C/COC(=O)C(C)(C)C)c(OC2O[C@H](C(=O)O)[C@@H](O)C[C@H]2O)c1. The molecule has 1 saturated heterocycles. The number of carboxylic acid groups (broad SMARTS) is 1. The van der Waals surface area contributed by atoms with E-state index in [-0.39, 0.29) is 19.0 Å². The van der Waals surface area contributed by atoms with Gasteiger partial charge in [0.15, 0.2) is 6.10 Å². The van der Waals surface area contributed by atoms with Crippen molar-refractivity contribution in [3.05, 3.63) is 35.4 Å². The Bertz CT molecular complexity index is 764. The van der Waals surface area contributed by atoms with E-state index in [1.807, 2.05) is 13.0 Å². The van der Waals surface area contributed by atoms with Crippen LogP contribution in [0, 0.1) is 12.3 Å². The van der Waals surface area contributed by atoms with E-state index in [4.69, 9.17) is 19.3 Å². The minimum Gasteiger partial charge on any atom is -0.479 e. The molecule has 0 amide bonds. The zero-order chi connectivity index (χ0) is 21.8. The fraction of sp³-hybridized carbons (Fsp3) is 0.524. The highest BCUT2D eigenvalue weighted by Crippen LogP contribution is 2.28. The van der Waals surface area contributed by atoms with Crippen molar-refractivity contribution >= 4 is 18.0 Å². The molecule has 1 unspecified atom stereocenters. The molecule has 160 valence electrons. The van der Waals surface area contributed by atoms with Crippen LogP contribution in [0.2, 0.25) is 0 Å². The molecular weight excluding hydrogens is 380 g/mol. The largest absolute Gasteiger partial charge is 0.479 e. The number of esters is 1. The Morgan fingerprint density at radius 1 is 1.24 bits per heavy atom. The van der Waals surface area contributed by atoms with E-state index < -0.39 is 36.0 Å². The van der Waals surface area contributed by atoms with Gasteiger partial charge in [0.25, 0.3) is 0 Å². The fourth-order valence-corrected chi connectivity index (χ4v) is 2.66. The predicted molar refractivity (Wildman–Crippen MR) is 104 cm³/mol. The molecule has 1 aromatic carbocycles. The molecule has 0 aliphatic carbocycles. The summed E-state index contributed by atoms with van der Waals surface area (Å²) in [5.74, 6) is -1.28. The minimum atomic E-state index is -1.48. The Hall–Kier alpha value is -2.42. The second kappa shape index (κ2) is 9.39. The number of carbonyl (C=O) groups excluding carboxylic acids is 1. The van der Waals surface area contributed by atoms with Crippen molar-refractivity contribution in [1.82, 2.24) is 0 Å². The number of hydrogen-bond donors (Lipinski definition) is 3. The van der Waals surface area contributed by atoms with Crippen LogP contribution in [-0.2, 0) is 19.1 Å². The minimum absolute atomic E-state index is 0.0826. The van der Waals surface area contributed by atoms with Crippen LogP contribution in [0.4, 0.5) is 0 Å². The number of aliphatic hydroxyl groups is 2. The lowest BCUT2D eigenvalue weighted by Crippen LogP contribution is -2.52. The van der Waals surface area contributed by atoms with Crippen molar-refractivity contribution in [1.29, 1.82) is 0 Å². The van der Waals surface area contributed by atoms with Gasteiger partial charge in [-0.25, -0.2) is 4.79 Å². The molecule has 0 bridgehead atoms. The lowest BCUT2D eigenvalue weighted by atomic mass is 9.97. The van der Waals surface area contributed by atoms with Crippen molar-refractivity contribution in [3.8, 4) is 5.75 Å². The molecule has 0 saturated carbocycles. The van der Waals surface area contributed by atoms with Crippen molar-refractivity contribution in [2.75, 3.05) is 6.61 Å². The van der Waals surface area contributed by atoms with Gasteiger partial charge in [0.1, 0.15) is 18.5 Å². The molecule has 29 heavy (non-hydrogen) atoms. The summed E-state index contributed by atoms with van der Waals surface area (Å²) in [6.45, 7) is 7.23. The van der Waals surface area contributed by atoms with E-state index >= 15 is 0 Å². The molecule has 1 fully saturated rings. The number of benzene rings is 1. The van der Waals surface area contributed by atoms with Crippen LogP contribution >= 0.6 is 0 Å². The summed E-state index contributed by atoms with van der Waals surface area (Å²) < 4.78 is 16.2. The highest BCUT2D eigenvalue weighted by Gasteiger charge is 2.41. The maximum atomic E-state index is 11.8. The topological polar surface area (TPSA) is 123 Å². The normalized spacial score (nSPS) is 25.0. The zero-order valence-corrected chi connectivity index (χ0v) is 17.0. The number of carboxylic acids is 1. The van der Waals surface area contributed by atoms with Gasteiger partial charge in [-0.1, -0.05) is 18.2 Å². The molecule has 8 heteroatoms. The fourth-order valence-electron chi connectivity index (χ4n) is 2.66. The summed E-state index contributed by atoms with van der Waals surface area (Å²) in [6, 6.07) is 5.36. The average molecular weight is 408 g/mol. The number of rotatable bonds is 6. The van der Waals surface area contributed by atoms with Gasteiger partial charge in [-0.05, 0) is 45.4 Å². The first-order valence-corrected chi connectivity index (χ1v) is 9.34. The van der Waals surface area contributed by atoms with Crippen molar-refractivity contribution in [3.63, 3.8) is 0 Å². The quantitative estimate of drug-likeness (QED) is 0.610. The Kier molecular flexibility index (Phi) is 7.40. The first-order valence-electron chi connectivity index (χ1n) is 9.34. The Labute approximate surface area is 169 Å². The first kappa shape index (κ1) is 22.9. The van der Waals surface area contributed by atoms with Gasteiger partial charge in [0.2, 0.25) is 6.29 Å². The van der Waals surface area contributed by atoms with Crippen molar-refractivity contribution in [2.24, 2.45) is 5.41 Å². The number of aliphatic carboxylic acids is 1. The summed E-state index contributed by atoms with van der Waals surface area (Å²) in [4.78, 5) is 23.0. The van der Waals surface area contributed by atoms with Crippen LogP contribution in [0.5, 0.6) is 5.75 Å². The standard InChI is InChI=1S/C21H28O8/c1-12-7-8-13(6-5-9-27-20(26)21(2,3)4)16(10-12)28-19-15(23)11-14(22)17(29-19)18(24)25/h5-8,10,14-15,17,19,22-23H,9,11H2,1-4H3,(H,24,25)/b6-5+/t14-,15+,17-,19?/m0/s1. The highest BCUT2D eigenvalue weighted by molar-refractivity contribution is 5.75. The number of aryl methyl sites for hydroxylation is 1. The molecule has 4 atom stereocenters. The summed E-state index contributed by atoms with van der Waals surface area (Å²) in [5.41, 5.74) is 0.929. The summed E-state index contributed by atoms with van der Waals surface area (Å²) >= 11 is 0. The van der Waals surface area contributed by atoms with Crippen LogP contribution in [0.25, 0.3) is 6.08 Å². The van der Waals surface area contributed by atoms with E-state index in [1.54, 1.807) is 45.1 Å². The number of carbonyl (C=O) groups is 2. The summed E-state index contributed by atoms with van der Waals surface area (Å²) in [5, 5.41) is 29.0. The number of aliphatic hydroxyl groups excluding tert-OH is 2. The van der Waals surface area contributed by atoms with Gasteiger partial charge in [0.05, 0.1) is 11.5 Å². The molecule has 1 aliphatic rings. The third-order valence-electron chi connectivity index (χ3n) is 4.30. The third-order valence-corrected chi connectivity index (χ3v) is 4.30. The van der Waals surface area contributed by atoms with Crippen LogP contribution in [0.3, 0.4) is 0 Å². The molecular formula is C21H28O8. The van der Waals surface area contributed by atoms with Gasteiger partial charge >= 0.3 is 11.9 Å². The number of hydrogen-bond acceptors (Lipinski definition) is 7. The lowest BCUT2D eigenvalue weighted by Gasteiger charge is -2.35. The Morgan fingerprint density at radius 3 is 2.55 bits per heavy atom. The van der Waals surface area contributed by atoms with Crippen molar-refractivity contribution < 1.29 is 39.1 Å². The monoisotopic (exact) mass is 408 g/mol. The van der Waals surface area contributed by atoms with Crippen molar-refractivity contribution in [2.45, 2.75) is 58.7 Å². The third kappa shape index (κ3) is 6.28. The molecule has 2 rings (SSSR count).